The first-order chi connectivity index (χ1) is 18.4. The third kappa shape index (κ3) is 6.46. The number of ether oxygens (including phenoxy) is 2. The Morgan fingerprint density at radius 3 is 1.84 bits per heavy atom. The van der Waals surface area contributed by atoms with Gasteiger partial charge in [0.2, 0.25) is 0 Å². The van der Waals surface area contributed by atoms with Crippen LogP contribution in [0.25, 0.3) is 0 Å². The monoisotopic (exact) mass is 501 g/mol. The molecule has 0 radical (unpaired) electrons. The van der Waals surface area contributed by atoms with Crippen molar-refractivity contribution in [1.82, 2.24) is 5.32 Å². The van der Waals surface area contributed by atoms with E-state index in [-0.39, 0.29) is 6.04 Å². The zero-order valence-corrected chi connectivity index (χ0v) is 22.7. The Labute approximate surface area is 226 Å². The van der Waals surface area contributed by atoms with Crippen molar-refractivity contribution in [1.29, 1.82) is 0 Å². The minimum atomic E-state index is -0.0593. The van der Waals surface area contributed by atoms with Crippen LogP contribution < -0.4 is 14.8 Å². The van der Waals surface area contributed by atoms with Gasteiger partial charge in [0.05, 0.1) is 6.04 Å². The molecule has 1 N–H and O–H groups in total. The lowest BCUT2D eigenvalue weighted by atomic mass is 9.93. The molecule has 4 aromatic rings. The van der Waals surface area contributed by atoms with E-state index in [2.05, 4.69) is 93.4 Å². The third-order valence-corrected chi connectivity index (χ3v) is 6.75. The van der Waals surface area contributed by atoms with Gasteiger partial charge in [-0.15, -0.1) is 0 Å². The van der Waals surface area contributed by atoms with E-state index in [4.69, 9.17) is 9.47 Å². The van der Waals surface area contributed by atoms with Crippen molar-refractivity contribution in [3.05, 3.63) is 129 Å². The van der Waals surface area contributed by atoms with Gasteiger partial charge in [-0.2, -0.15) is 0 Å². The molecule has 3 heteroatoms. The molecule has 4 aromatic carbocycles. The van der Waals surface area contributed by atoms with Crippen molar-refractivity contribution in [3.8, 4) is 23.3 Å². The highest BCUT2D eigenvalue weighted by Crippen LogP contribution is 2.36. The fourth-order valence-electron chi connectivity index (χ4n) is 5.22. The van der Waals surface area contributed by atoms with E-state index >= 15 is 0 Å². The Morgan fingerprint density at radius 2 is 1.26 bits per heavy atom. The number of hydrogen-bond acceptors (Lipinski definition) is 3. The molecule has 1 unspecified atom stereocenters. The van der Waals surface area contributed by atoms with E-state index in [1.165, 1.54) is 27.8 Å². The van der Waals surface area contributed by atoms with Crippen LogP contribution in [0.4, 0.5) is 0 Å². The molecule has 1 aliphatic heterocycles. The molecule has 1 heterocycles. The normalized spacial score (nSPS) is 14.3. The van der Waals surface area contributed by atoms with E-state index < -0.39 is 0 Å². The fraction of sp³-hybridized carbons (Fsp3) is 0.257. The quantitative estimate of drug-likeness (QED) is 0.281. The van der Waals surface area contributed by atoms with Crippen LogP contribution in [-0.2, 0) is 19.6 Å². The van der Waals surface area contributed by atoms with Gasteiger partial charge in [-0.3, -0.25) is 5.32 Å². The Morgan fingerprint density at radius 1 is 0.711 bits per heavy atom. The molecule has 0 bridgehead atoms. The minimum Gasteiger partial charge on any atom is -0.485 e. The van der Waals surface area contributed by atoms with Gasteiger partial charge in [0.15, 0.2) is 11.5 Å². The van der Waals surface area contributed by atoms with E-state index in [9.17, 15) is 0 Å². The van der Waals surface area contributed by atoms with Gasteiger partial charge >= 0.3 is 0 Å². The number of nitrogens with one attached hydrogen (secondary N) is 1. The maximum atomic E-state index is 6.45. The summed E-state index contributed by atoms with van der Waals surface area (Å²) in [6.07, 6.45) is 0.927. The van der Waals surface area contributed by atoms with E-state index in [1.807, 2.05) is 30.3 Å². The van der Waals surface area contributed by atoms with Crippen molar-refractivity contribution in [2.75, 3.05) is 6.54 Å². The second-order valence-corrected chi connectivity index (χ2v) is 10.3. The lowest BCUT2D eigenvalue weighted by Crippen LogP contribution is -2.29. The average Bonchev–Trinajstić information content (AvgIpc) is 2.89. The highest BCUT2D eigenvalue weighted by Gasteiger charge is 2.22. The highest BCUT2D eigenvalue weighted by atomic mass is 16.5. The molecule has 0 aliphatic carbocycles. The maximum Gasteiger partial charge on any atom is 0.162 e. The van der Waals surface area contributed by atoms with Crippen LogP contribution in [0.5, 0.6) is 11.5 Å². The molecule has 0 saturated heterocycles. The van der Waals surface area contributed by atoms with E-state index in [0.717, 1.165) is 46.7 Å². The van der Waals surface area contributed by atoms with Gasteiger partial charge in [-0.05, 0) is 80.6 Å². The van der Waals surface area contributed by atoms with Crippen LogP contribution in [0.15, 0.2) is 78.9 Å². The van der Waals surface area contributed by atoms with Gasteiger partial charge in [-0.1, -0.05) is 88.7 Å². The molecule has 0 spiro atoms. The number of fused-ring (bicyclic) bond motifs is 1. The van der Waals surface area contributed by atoms with Crippen LogP contribution in [0.3, 0.4) is 0 Å². The second-order valence-electron chi connectivity index (χ2n) is 10.3. The first kappa shape index (κ1) is 25.6. The number of aryl methyl sites for hydroxylation is 4. The Kier molecular flexibility index (Phi) is 7.82. The van der Waals surface area contributed by atoms with Gasteiger partial charge in [-0.25, -0.2) is 0 Å². The van der Waals surface area contributed by atoms with Gasteiger partial charge in [0, 0.05) is 12.1 Å². The lowest BCUT2D eigenvalue weighted by Gasteiger charge is -2.25. The summed E-state index contributed by atoms with van der Waals surface area (Å²) in [5, 5.41) is 3.58. The van der Waals surface area contributed by atoms with Gasteiger partial charge < -0.3 is 9.47 Å². The van der Waals surface area contributed by atoms with Crippen LogP contribution in [-0.4, -0.2) is 6.54 Å². The summed E-state index contributed by atoms with van der Waals surface area (Å²) in [7, 11) is 0. The molecule has 0 saturated carbocycles. The summed E-state index contributed by atoms with van der Waals surface area (Å²) in [6, 6.07) is 27.4. The molecular weight excluding hydrogens is 466 g/mol. The molecular formula is C35H35NO2. The Bertz CT molecular complexity index is 1450. The molecule has 192 valence electrons. The summed E-state index contributed by atoms with van der Waals surface area (Å²) >= 11 is 0. The standard InChI is InChI=1S/C35H35NO2/c1-24-14-25(2)17-29(16-24)22-37-34-20-31-12-13-36-33(11-10-28-8-6-5-7-9-28)32(31)21-35(34)38-23-30-18-26(3)15-27(4)19-30/h5-9,14-21,33,36H,12-13,22-23H2,1-4H3. The summed E-state index contributed by atoms with van der Waals surface area (Å²) < 4.78 is 12.9. The predicted molar refractivity (Wildman–Crippen MR) is 155 cm³/mol. The zero-order chi connectivity index (χ0) is 26.5. The van der Waals surface area contributed by atoms with Crippen LogP contribution in [0, 0.1) is 39.5 Å². The van der Waals surface area contributed by atoms with E-state index in [1.54, 1.807) is 0 Å². The number of hydrogen-bond donors (Lipinski definition) is 1. The number of benzene rings is 4. The fourth-order valence-corrected chi connectivity index (χ4v) is 5.22. The summed E-state index contributed by atoms with van der Waals surface area (Å²) in [6.45, 7) is 10.3. The molecule has 1 atom stereocenters. The summed E-state index contributed by atoms with van der Waals surface area (Å²) in [5.41, 5.74) is 10.7. The minimum absolute atomic E-state index is 0.0593. The first-order valence-corrected chi connectivity index (χ1v) is 13.3. The molecule has 38 heavy (non-hydrogen) atoms. The van der Waals surface area contributed by atoms with Gasteiger partial charge in [0.25, 0.3) is 0 Å². The van der Waals surface area contributed by atoms with Crippen molar-refractivity contribution in [2.24, 2.45) is 0 Å². The zero-order valence-electron chi connectivity index (χ0n) is 22.7. The largest absolute Gasteiger partial charge is 0.485 e. The molecule has 0 aromatic heterocycles. The van der Waals surface area contributed by atoms with Crippen LogP contribution in [0.1, 0.15) is 56.1 Å². The average molecular weight is 502 g/mol. The van der Waals surface area contributed by atoms with Crippen molar-refractivity contribution >= 4 is 0 Å². The van der Waals surface area contributed by atoms with Crippen molar-refractivity contribution < 1.29 is 9.47 Å². The lowest BCUT2D eigenvalue weighted by molar-refractivity contribution is 0.255. The molecule has 3 nitrogen and oxygen atoms in total. The second kappa shape index (κ2) is 11.6. The van der Waals surface area contributed by atoms with Crippen molar-refractivity contribution in [2.45, 2.75) is 53.4 Å². The third-order valence-electron chi connectivity index (χ3n) is 6.75. The van der Waals surface area contributed by atoms with Gasteiger partial charge in [0.1, 0.15) is 13.2 Å². The predicted octanol–water partition coefficient (Wildman–Crippen LogP) is 7.32. The highest BCUT2D eigenvalue weighted by molar-refractivity contribution is 5.52. The van der Waals surface area contributed by atoms with Crippen LogP contribution in [0.2, 0.25) is 0 Å². The molecule has 0 fully saturated rings. The SMILES string of the molecule is Cc1cc(C)cc(COc2cc3c(cc2OCc2cc(C)cc(C)c2)C(C#Cc2ccccc2)NCC3)c1. The number of rotatable bonds is 6. The molecule has 0 amide bonds. The smallest absolute Gasteiger partial charge is 0.162 e. The Hall–Kier alpha value is -4.00. The molecule has 5 rings (SSSR count). The molecule has 1 aliphatic rings. The maximum absolute atomic E-state index is 6.45. The summed E-state index contributed by atoms with van der Waals surface area (Å²) in [4.78, 5) is 0. The van der Waals surface area contributed by atoms with E-state index in [0.29, 0.717) is 13.2 Å². The first-order valence-electron chi connectivity index (χ1n) is 13.3. The summed E-state index contributed by atoms with van der Waals surface area (Å²) in [5.74, 6) is 8.31. The Balaban J connectivity index is 1.46. The van der Waals surface area contributed by atoms with Crippen molar-refractivity contribution in [3.63, 3.8) is 0 Å². The topological polar surface area (TPSA) is 30.5 Å². The van der Waals surface area contributed by atoms with Crippen LogP contribution >= 0.6 is 0 Å².